The molecule has 2 unspecified atom stereocenters. The molecule has 4 aromatic rings. The number of aromatic amines is 1. The summed E-state index contributed by atoms with van der Waals surface area (Å²) in [6.45, 7) is 14.9. The second-order valence-electron chi connectivity index (χ2n) is 18.9. The van der Waals surface area contributed by atoms with Crippen molar-refractivity contribution in [1.29, 1.82) is 0 Å². The fourth-order valence-corrected chi connectivity index (χ4v) is 9.20. The van der Waals surface area contributed by atoms with Gasteiger partial charge >= 0.3 is 0 Å². The molecule has 2 saturated heterocycles. The predicted octanol–water partition coefficient (Wildman–Crippen LogP) is 7.19. The number of nitrogens with zero attached hydrogens (tertiary/aromatic N) is 6. The predicted molar refractivity (Wildman–Crippen MR) is 285 cm³/mol. The molecule has 3 aliphatic heterocycles. The van der Waals surface area contributed by atoms with Gasteiger partial charge in [-0.2, -0.15) is 5.10 Å². The fraction of sp³-hybridized carbons (Fsp3) is 0.537. The van der Waals surface area contributed by atoms with Gasteiger partial charge in [-0.25, -0.2) is 4.98 Å². The number of ether oxygens (including phenoxy) is 2. The Bertz CT molecular complexity index is 2350. The number of benzene rings is 2. The van der Waals surface area contributed by atoms with E-state index >= 15 is 0 Å². The summed E-state index contributed by atoms with van der Waals surface area (Å²) in [4.78, 5) is 61.7. The van der Waals surface area contributed by atoms with Gasteiger partial charge in [0.05, 0.1) is 55.1 Å². The largest absolute Gasteiger partial charge is 0.491 e. The average molecular weight is 1030 g/mol. The first-order chi connectivity index (χ1) is 35.4. The molecule has 398 valence electrons. The van der Waals surface area contributed by atoms with E-state index in [1.165, 1.54) is 56.1 Å². The zero-order valence-electron chi connectivity index (χ0n) is 43.7. The van der Waals surface area contributed by atoms with Gasteiger partial charge in [0.1, 0.15) is 18.1 Å². The molecule has 3 fully saturated rings. The van der Waals surface area contributed by atoms with Crippen molar-refractivity contribution in [2.24, 2.45) is 16.6 Å². The Balaban J connectivity index is 0.000000353. The number of fused-ring (bicyclic) bond motifs is 1. The van der Waals surface area contributed by atoms with Gasteiger partial charge in [-0.15, -0.1) is 20.9 Å². The molecule has 0 spiro atoms. The summed E-state index contributed by atoms with van der Waals surface area (Å²) < 4.78 is 26.3. The van der Waals surface area contributed by atoms with Crippen LogP contribution < -0.4 is 26.4 Å². The molecule has 2 atom stereocenters. The lowest BCUT2D eigenvalue weighted by molar-refractivity contribution is -0.132. The standard InChI is InChI=1S/C36H41FN8O4S.C10H19N3O2.C6H12.C2H6/c1-36(2)16-30-29(21-45(36)37)33(43-42-30)35(47)41-27(17-38)18-39-32(24-7-4-3-5-8-24)26-19-44(20-26)11-12-48-13-14-49-28-10-6-9-25(15-28)34(46)31-22-50-23-40-31;1-8(11-2)10(15)12-7-9(14)13-5-3-4-6-13;1-2-4-6-5-3-1;1-2/h3-10,15,17-18,22-23,26,32H,11-14,16,19-21,38H2,1-2H3,(H,41,47)(H,42,43);8,11H,3-7H2,1-2H3,(H,12,15);1-6H2;1-2H3/b27-17+,39-18?;;;. The van der Waals surface area contributed by atoms with Gasteiger partial charge in [0.15, 0.2) is 5.69 Å². The summed E-state index contributed by atoms with van der Waals surface area (Å²) in [6, 6.07) is 16.7. The van der Waals surface area contributed by atoms with E-state index in [0.29, 0.717) is 54.5 Å². The molecule has 73 heavy (non-hydrogen) atoms. The Hall–Kier alpha value is -5.86. The number of halogens is 1. The van der Waals surface area contributed by atoms with Crippen LogP contribution in [0.2, 0.25) is 0 Å². The van der Waals surface area contributed by atoms with E-state index < -0.39 is 11.4 Å². The number of carbonyl (C=O) groups excluding carboxylic acids is 4. The molecule has 2 aromatic heterocycles. The monoisotopic (exact) mass is 1030 g/mol. The first-order valence-electron chi connectivity index (χ1n) is 25.9. The van der Waals surface area contributed by atoms with E-state index in [4.69, 9.17) is 20.2 Å². The topological polar surface area (TPSA) is 212 Å². The van der Waals surface area contributed by atoms with Gasteiger partial charge in [-0.05, 0) is 58.4 Å². The second kappa shape index (κ2) is 30.4. The molecule has 4 aliphatic rings. The molecule has 3 amide bonds. The molecule has 8 rings (SSSR count). The molecule has 1 aliphatic carbocycles. The number of ketones is 1. The van der Waals surface area contributed by atoms with Gasteiger partial charge in [0, 0.05) is 79.7 Å². The summed E-state index contributed by atoms with van der Waals surface area (Å²) in [5, 5.41) is 17.8. The van der Waals surface area contributed by atoms with Crippen LogP contribution in [0.15, 0.2) is 82.4 Å². The summed E-state index contributed by atoms with van der Waals surface area (Å²) in [6.07, 6.45) is 14.4. The number of nitrogens with one attached hydrogen (secondary N) is 4. The number of nitrogens with two attached hydrogens (primary N) is 1. The van der Waals surface area contributed by atoms with E-state index in [9.17, 15) is 23.7 Å². The van der Waals surface area contributed by atoms with Crippen LogP contribution in [-0.2, 0) is 27.3 Å². The normalized spacial score (nSPS) is 17.5. The third kappa shape index (κ3) is 17.9. The third-order valence-corrected chi connectivity index (χ3v) is 13.7. The number of likely N-dealkylation sites (N-methyl/N-ethyl adjacent to an activating group) is 1. The van der Waals surface area contributed by atoms with Crippen LogP contribution in [0.1, 0.15) is 135 Å². The highest BCUT2D eigenvalue weighted by Gasteiger charge is 2.38. The Labute approximate surface area is 434 Å². The number of aromatic nitrogens is 3. The van der Waals surface area contributed by atoms with Gasteiger partial charge in [-0.1, -0.05) is 94.8 Å². The highest BCUT2D eigenvalue weighted by atomic mass is 32.1. The van der Waals surface area contributed by atoms with Crippen LogP contribution in [0.25, 0.3) is 0 Å². The molecule has 2 aromatic carbocycles. The third-order valence-electron chi connectivity index (χ3n) is 13.1. The van der Waals surface area contributed by atoms with Crippen LogP contribution >= 0.6 is 11.3 Å². The van der Waals surface area contributed by atoms with E-state index in [1.807, 2.05) is 50.2 Å². The van der Waals surface area contributed by atoms with Crippen molar-refractivity contribution in [2.75, 3.05) is 66.1 Å². The molecule has 6 N–H and O–H groups in total. The zero-order valence-corrected chi connectivity index (χ0v) is 44.5. The first-order valence-corrected chi connectivity index (χ1v) is 26.8. The van der Waals surface area contributed by atoms with Crippen molar-refractivity contribution >= 4 is 41.1 Å². The van der Waals surface area contributed by atoms with Crippen LogP contribution in [0.5, 0.6) is 5.75 Å². The van der Waals surface area contributed by atoms with E-state index in [2.05, 4.69) is 36.0 Å². The van der Waals surface area contributed by atoms with Crippen molar-refractivity contribution in [3.63, 3.8) is 0 Å². The molecule has 1 saturated carbocycles. The van der Waals surface area contributed by atoms with E-state index in [1.54, 1.807) is 68.0 Å². The molecular formula is C54H78FN11O6S. The lowest BCUT2D eigenvalue weighted by Crippen LogP contribution is -2.50. The van der Waals surface area contributed by atoms with E-state index in [0.717, 1.165) is 61.9 Å². The number of aliphatic imine (C=N–C) groups is 1. The zero-order chi connectivity index (χ0) is 52.6. The summed E-state index contributed by atoms with van der Waals surface area (Å²) in [7, 11) is 1.71. The number of carbonyl (C=O) groups is 4. The summed E-state index contributed by atoms with van der Waals surface area (Å²) >= 11 is 1.38. The second-order valence-corrected chi connectivity index (χ2v) is 19.6. The highest BCUT2D eigenvalue weighted by molar-refractivity contribution is 7.07. The molecule has 0 bridgehead atoms. The minimum atomic E-state index is -0.686. The van der Waals surface area contributed by atoms with Gasteiger partial charge < -0.3 is 41.0 Å². The van der Waals surface area contributed by atoms with Crippen molar-refractivity contribution in [2.45, 2.75) is 117 Å². The molecular weight excluding hydrogens is 950 g/mol. The Morgan fingerprint density at radius 2 is 1.67 bits per heavy atom. The number of likely N-dealkylation sites (tertiary alicyclic amines) is 2. The van der Waals surface area contributed by atoms with E-state index in [-0.39, 0.29) is 54.4 Å². The minimum absolute atomic E-state index is 0.0177. The summed E-state index contributed by atoms with van der Waals surface area (Å²) in [5.74, 6) is 0.133. The van der Waals surface area contributed by atoms with Crippen molar-refractivity contribution in [3.8, 4) is 5.75 Å². The average Bonchev–Trinajstić information content (AvgIpc) is 4.23. The van der Waals surface area contributed by atoms with Crippen molar-refractivity contribution < 1.29 is 33.1 Å². The van der Waals surface area contributed by atoms with Gasteiger partial charge in [0.25, 0.3) is 5.91 Å². The number of amides is 3. The highest BCUT2D eigenvalue weighted by Crippen LogP contribution is 2.34. The minimum Gasteiger partial charge on any atom is -0.491 e. The maximum absolute atomic E-state index is 14.6. The molecule has 19 heteroatoms. The number of rotatable bonds is 19. The molecule has 17 nitrogen and oxygen atoms in total. The maximum atomic E-state index is 14.6. The Morgan fingerprint density at radius 3 is 2.32 bits per heavy atom. The van der Waals surface area contributed by atoms with Crippen LogP contribution in [0.4, 0.5) is 4.48 Å². The lowest BCUT2D eigenvalue weighted by Gasteiger charge is -2.42. The number of hydrogen-bond acceptors (Lipinski definition) is 14. The quantitative estimate of drug-likeness (QED) is 0.0274. The van der Waals surface area contributed by atoms with Crippen LogP contribution in [0.3, 0.4) is 0 Å². The lowest BCUT2D eigenvalue weighted by atomic mass is 9.87. The van der Waals surface area contributed by atoms with Crippen molar-refractivity contribution in [3.05, 3.63) is 111 Å². The molecule has 0 radical (unpaired) electrons. The van der Waals surface area contributed by atoms with Gasteiger partial charge in [-0.3, -0.25) is 29.3 Å². The number of thiazole rings is 1. The SMILES string of the molecule is C1CCCCC1.CC.CC1(C)Cc2[nH]nc(C(=O)N/C(C=NC(c3ccccc3)C3CN(CCOCCOc4cccc(C(=O)c5cscn5)c4)C3)=C/N)c2CN1F.CNC(C)C(=O)NCC(=O)N1CCCC1. The molecule has 5 heterocycles. The number of hydrogen-bond donors (Lipinski definition) is 5. The Morgan fingerprint density at radius 1 is 0.973 bits per heavy atom. The number of allylic oxidation sites excluding steroid dienone is 1. The Kier molecular flexibility index (Phi) is 24.1. The number of H-pyrrole nitrogens is 1. The smallest absolute Gasteiger partial charge is 0.276 e. The van der Waals surface area contributed by atoms with Crippen LogP contribution in [0, 0.1) is 5.92 Å². The van der Waals surface area contributed by atoms with Gasteiger partial charge in [0.2, 0.25) is 17.6 Å². The summed E-state index contributed by atoms with van der Waals surface area (Å²) in [5.41, 5.74) is 10.6. The maximum Gasteiger partial charge on any atom is 0.276 e. The van der Waals surface area contributed by atoms with Crippen molar-refractivity contribution in [1.82, 2.24) is 46.1 Å². The first kappa shape index (κ1) is 58.0. The fourth-order valence-electron chi connectivity index (χ4n) is 8.67. The van der Waals surface area contributed by atoms with Crippen LogP contribution in [-0.4, -0.2) is 138 Å².